The summed E-state index contributed by atoms with van der Waals surface area (Å²) in [6, 6.07) is 1.37. The molecule has 1 aromatic rings. The van der Waals surface area contributed by atoms with Gasteiger partial charge in [0.25, 0.3) is 0 Å². The predicted octanol–water partition coefficient (Wildman–Crippen LogP) is 2.28. The van der Waals surface area contributed by atoms with E-state index in [1.165, 1.54) is 20.1 Å². The van der Waals surface area contributed by atoms with E-state index in [0.717, 1.165) is 0 Å². The van der Waals surface area contributed by atoms with E-state index in [1.807, 2.05) is 27.7 Å². The van der Waals surface area contributed by atoms with Gasteiger partial charge in [-0.15, -0.1) is 0 Å². The molecule has 26 heavy (non-hydrogen) atoms. The van der Waals surface area contributed by atoms with Crippen LogP contribution in [0.2, 0.25) is 0 Å². The van der Waals surface area contributed by atoms with Crippen LogP contribution in [-0.4, -0.2) is 37.4 Å². The minimum Gasteiger partial charge on any atom is -0.465 e. The zero-order valence-corrected chi connectivity index (χ0v) is 16.2. The Balaban J connectivity index is 2.62. The molecule has 0 spiro atoms. The van der Waals surface area contributed by atoms with E-state index in [4.69, 9.17) is 14.0 Å². The third kappa shape index (κ3) is 3.62. The van der Waals surface area contributed by atoms with Crippen molar-refractivity contribution >= 4 is 24.5 Å². The van der Waals surface area contributed by atoms with Crippen LogP contribution in [0.25, 0.3) is 0 Å². The first-order valence-corrected chi connectivity index (χ1v) is 8.30. The summed E-state index contributed by atoms with van der Waals surface area (Å²) in [5.74, 6) is -2.10. The van der Waals surface area contributed by atoms with Crippen molar-refractivity contribution in [1.82, 2.24) is 0 Å². The summed E-state index contributed by atoms with van der Waals surface area (Å²) in [7, 11) is 0.132. The second-order valence-electron chi connectivity index (χ2n) is 7.31. The third-order valence-corrected chi connectivity index (χ3v) is 4.95. The van der Waals surface area contributed by atoms with Crippen molar-refractivity contribution in [1.29, 1.82) is 0 Å². The standard InChI is InChI=1S/C18H24BFO6/c1-10-8-12(16(22)23-7)15(20)14(13(10)9-24-11(2)21)19-25-17(3,4)18(5,6)26-19/h8H,9H2,1-7H3. The number of hydrogen-bond donors (Lipinski definition) is 0. The highest BCUT2D eigenvalue weighted by Gasteiger charge is 2.53. The fourth-order valence-corrected chi connectivity index (χ4v) is 2.69. The molecular formula is C18H24BFO6. The Morgan fingerprint density at radius 3 is 2.19 bits per heavy atom. The number of ether oxygens (including phenoxy) is 2. The molecule has 0 radical (unpaired) electrons. The van der Waals surface area contributed by atoms with Gasteiger partial charge in [0.05, 0.1) is 23.9 Å². The highest BCUT2D eigenvalue weighted by atomic mass is 19.1. The van der Waals surface area contributed by atoms with Crippen LogP contribution < -0.4 is 5.46 Å². The smallest absolute Gasteiger partial charge is 0.465 e. The number of methoxy groups -OCH3 is 1. The van der Waals surface area contributed by atoms with Crippen LogP contribution in [0.4, 0.5) is 4.39 Å². The molecule has 1 saturated heterocycles. The van der Waals surface area contributed by atoms with Gasteiger partial charge in [-0.25, -0.2) is 9.18 Å². The SMILES string of the molecule is COC(=O)c1cc(C)c(COC(C)=O)c(B2OC(C)(C)C(C)(C)O2)c1F. The maximum Gasteiger partial charge on any atom is 0.498 e. The lowest BCUT2D eigenvalue weighted by atomic mass is 9.73. The average molecular weight is 366 g/mol. The Morgan fingerprint density at radius 1 is 1.19 bits per heavy atom. The molecule has 142 valence electrons. The summed E-state index contributed by atoms with van der Waals surface area (Å²) in [6.07, 6.45) is 0. The molecule has 1 aliphatic rings. The van der Waals surface area contributed by atoms with E-state index in [9.17, 15) is 9.59 Å². The molecule has 1 aliphatic heterocycles. The summed E-state index contributed by atoms with van der Waals surface area (Å²) >= 11 is 0. The lowest BCUT2D eigenvalue weighted by molar-refractivity contribution is -0.142. The van der Waals surface area contributed by atoms with E-state index in [2.05, 4.69) is 4.74 Å². The number of benzene rings is 1. The molecule has 0 bridgehead atoms. The number of aryl methyl sites for hydroxylation is 1. The van der Waals surface area contributed by atoms with Crippen molar-refractivity contribution in [2.45, 2.75) is 59.4 Å². The lowest BCUT2D eigenvalue weighted by Gasteiger charge is -2.32. The molecule has 0 saturated carbocycles. The molecular weight excluding hydrogens is 342 g/mol. The molecule has 0 aromatic heterocycles. The molecule has 1 fully saturated rings. The summed E-state index contributed by atoms with van der Waals surface area (Å²) in [6.45, 7) is 10.2. The Kier molecular flexibility index (Phi) is 5.49. The number of halogens is 1. The van der Waals surface area contributed by atoms with E-state index in [-0.39, 0.29) is 17.6 Å². The van der Waals surface area contributed by atoms with Crippen LogP contribution in [0.15, 0.2) is 6.07 Å². The third-order valence-electron chi connectivity index (χ3n) is 4.95. The van der Waals surface area contributed by atoms with Crippen LogP contribution in [-0.2, 0) is 30.2 Å². The normalized spacial score (nSPS) is 17.9. The highest BCUT2D eigenvalue weighted by Crippen LogP contribution is 2.37. The van der Waals surface area contributed by atoms with E-state index < -0.39 is 36.1 Å². The maximum atomic E-state index is 15.2. The van der Waals surface area contributed by atoms with Crippen LogP contribution in [0.3, 0.4) is 0 Å². The minimum absolute atomic E-state index is 0.0466. The van der Waals surface area contributed by atoms with E-state index in [1.54, 1.807) is 6.92 Å². The number of carbonyl (C=O) groups is 2. The summed E-state index contributed by atoms with van der Waals surface area (Å²) in [5.41, 5.74) is -0.594. The van der Waals surface area contributed by atoms with Crippen molar-refractivity contribution in [2.75, 3.05) is 7.11 Å². The van der Waals surface area contributed by atoms with Gasteiger partial charge in [-0.3, -0.25) is 4.79 Å². The second kappa shape index (κ2) is 7.00. The Hall–Kier alpha value is -1.93. The van der Waals surface area contributed by atoms with Crippen molar-refractivity contribution in [3.8, 4) is 0 Å². The first kappa shape index (κ1) is 20.4. The van der Waals surface area contributed by atoms with E-state index >= 15 is 4.39 Å². The number of carbonyl (C=O) groups excluding carboxylic acids is 2. The number of esters is 2. The molecule has 0 atom stereocenters. The Labute approximate surface area is 153 Å². The van der Waals surface area contributed by atoms with Gasteiger partial charge in [-0.1, -0.05) is 0 Å². The van der Waals surface area contributed by atoms with Crippen molar-refractivity contribution in [2.24, 2.45) is 0 Å². The monoisotopic (exact) mass is 366 g/mol. The van der Waals surface area contributed by atoms with E-state index in [0.29, 0.717) is 11.1 Å². The molecule has 0 amide bonds. The highest BCUT2D eigenvalue weighted by molar-refractivity contribution is 6.63. The summed E-state index contributed by atoms with van der Waals surface area (Å²) in [5, 5.41) is 0. The first-order valence-electron chi connectivity index (χ1n) is 8.30. The molecule has 1 aromatic carbocycles. The Morgan fingerprint density at radius 2 is 1.73 bits per heavy atom. The van der Waals surface area contributed by atoms with Gasteiger partial charge in [-0.2, -0.15) is 0 Å². The maximum absolute atomic E-state index is 15.2. The van der Waals surface area contributed by atoms with Crippen molar-refractivity contribution in [3.05, 3.63) is 28.6 Å². The van der Waals surface area contributed by atoms with Gasteiger partial charge in [0, 0.05) is 12.4 Å². The van der Waals surface area contributed by atoms with Crippen molar-refractivity contribution in [3.63, 3.8) is 0 Å². The Bertz CT molecular complexity index is 728. The molecule has 0 aliphatic carbocycles. The summed E-state index contributed by atoms with van der Waals surface area (Å²) < 4.78 is 36.8. The zero-order valence-electron chi connectivity index (χ0n) is 16.2. The largest absolute Gasteiger partial charge is 0.498 e. The molecule has 2 rings (SSSR count). The van der Waals surface area contributed by atoms with Crippen LogP contribution in [0.5, 0.6) is 0 Å². The fraction of sp³-hybridized carbons (Fsp3) is 0.556. The number of hydrogen-bond acceptors (Lipinski definition) is 6. The van der Waals surface area contributed by atoms with Crippen LogP contribution in [0.1, 0.15) is 56.1 Å². The summed E-state index contributed by atoms with van der Waals surface area (Å²) in [4.78, 5) is 23.2. The average Bonchev–Trinajstić information content (AvgIpc) is 2.74. The van der Waals surface area contributed by atoms with Crippen LogP contribution in [0, 0.1) is 12.7 Å². The topological polar surface area (TPSA) is 71.1 Å². The van der Waals surface area contributed by atoms with Gasteiger partial charge < -0.3 is 18.8 Å². The molecule has 1 heterocycles. The zero-order chi connectivity index (χ0) is 19.9. The molecule has 6 nitrogen and oxygen atoms in total. The minimum atomic E-state index is -1.05. The fourth-order valence-electron chi connectivity index (χ4n) is 2.69. The predicted molar refractivity (Wildman–Crippen MR) is 93.7 cm³/mol. The molecule has 0 unspecified atom stereocenters. The quantitative estimate of drug-likeness (QED) is 0.602. The first-order chi connectivity index (χ1) is 11.9. The number of rotatable bonds is 4. The van der Waals surface area contributed by atoms with Crippen LogP contribution >= 0.6 is 0 Å². The van der Waals surface area contributed by atoms with Gasteiger partial charge >= 0.3 is 19.1 Å². The lowest BCUT2D eigenvalue weighted by Crippen LogP contribution is -2.41. The van der Waals surface area contributed by atoms with Crippen molar-refractivity contribution < 1.29 is 32.8 Å². The van der Waals surface area contributed by atoms with Gasteiger partial charge in [0.1, 0.15) is 12.4 Å². The van der Waals surface area contributed by atoms with Gasteiger partial charge in [0.2, 0.25) is 0 Å². The van der Waals surface area contributed by atoms with Gasteiger partial charge in [0.15, 0.2) is 0 Å². The van der Waals surface area contributed by atoms with Gasteiger partial charge in [-0.05, 0) is 51.8 Å². The molecule has 8 heteroatoms. The molecule has 0 N–H and O–H groups in total. The second-order valence-corrected chi connectivity index (χ2v) is 7.31.